The van der Waals surface area contributed by atoms with Crippen LogP contribution in [-0.2, 0) is 13.6 Å². The molecule has 144 valence electrons. The van der Waals surface area contributed by atoms with Crippen LogP contribution in [0.4, 0.5) is 5.69 Å². The maximum Gasteiger partial charge on any atom is 0.257 e. The Balaban J connectivity index is 1.88. The van der Waals surface area contributed by atoms with Crippen LogP contribution in [0.2, 0.25) is 0 Å². The van der Waals surface area contributed by atoms with Crippen molar-refractivity contribution in [1.82, 2.24) is 29.5 Å². The van der Waals surface area contributed by atoms with Gasteiger partial charge in [0.2, 0.25) is 0 Å². The van der Waals surface area contributed by atoms with E-state index < -0.39 is 0 Å². The van der Waals surface area contributed by atoms with E-state index in [2.05, 4.69) is 34.3 Å². The molecule has 0 bridgehead atoms. The van der Waals surface area contributed by atoms with Crippen molar-refractivity contribution in [2.24, 2.45) is 7.05 Å². The minimum Gasteiger partial charge on any atom is -0.379 e. The van der Waals surface area contributed by atoms with E-state index in [0.717, 1.165) is 28.0 Å². The molecule has 0 aromatic carbocycles. The number of H-pyrrole nitrogens is 1. The molecule has 0 atom stereocenters. The van der Waals surface area contributed by atoms with Crippen molar-refractivity contribution in [3.05, 3.63) is 58.4 Å². The van der Waals surface area contributed by atoms with E-state index in [1.54, 1.807) is 23.0 Å². The normalized spacial score (nSPS) is 11.5. The molecule has 8 heteroatoms. The van der Waals surface area contributed by atoms with Crippen LogP contribution < -0.4 is 10.9 Å². The van der Waals surface area contributed by atoms with Crippen molar-refractivity contribution in [2.75, 3.05) is 5.32 Å². The molecule has 0 aliphatic carbocycles. The Hall–Kier alpha value is -3.42. The van der Waals surface area contributed by atoms with Gasteiger partial charge in [0.15, 0.2) is 0 Å². The molecule has 2 N–H and O–H groups in total. The first-order valence-electron chi connectivity index (χ1n) is 9.23. The molecule has 0 spiro atoms. The van der Waals surface area contributed by atoms with E-state index in [4.69, 9.17) is 4.98 Å². The lowest BCUT2D eigenvalue weighted by atomic mass is 10.1. The maximum absolute atomic E-state index is 12.3. The van der Waals surface area contributed by atoms with Gasteiger partial charge in [-0.15, -0.1) is 0 Å². The third-order valence-corrected chi connectivity index (χ3v) is 4.65. The van der Waals surface area contributed by atoms with Gasteiger partial charge >= 0.3 is 0 Å². The lowest BCUT2D eigenvalue weighted by Gasteiger charge is -2.13. The predicted octanol–water partition coefficient (Wildman–Crippen LogP) is 3.02. The number of pyridine rings is 2. The lowest BCUT2D eigenvalue weighted by molar-refractivity contribution is 0.547. The first kappa shape index (κ1) is 18.0. The second kappa shape index (κ2) is 6.95. The molecule has 4 heterocycles. The summed E-state index contributed by atoms with van der Waals surface area (Å²) in [6, 6.07) is 5.68. The fourth-order valence-electron chi connectivity index (χ4n) is 3.31. The number of hydrogen-bond donors (Lipinski definition) is 2. The summed E-state index contributed by atoms with van der Waals surface area (Å²) in [6.45, 7) is 6.73. The average Bonchev–Trinajstić information content (AvgIpc) is 3.23. The molecule has 0 aliphatic rings. The highest BCUT2D eigenvalue weighted by molar-refractivity contribution is 5.92. The van der Waals surface area contributed by atoms with E-state index in [1.165, 1.54) is 0 Å². The first-order chi connectivity index (χ1) is 13.4. The summed E-state index contributed by atoms with van der Waals surface area (Å²) in [5, 5.41) is 12.4. The molecule has 4 rings (SSSR count). The Kier molecular flexibility index (Phi) is 4.46. The molecule has 4 aromatic rings. The topological polar surface area (TPSA) is 93.4 Å². The fraction of sp³-hybridized carbons (Fsp3) is 0.300. The summed E-state index contributed by atoms with van der Waals surface area (Å²) in [7, 11) is 1.89. The molecular formula is C20H23N7O. The van der Waals surface area contributed by atoms with Crippen LogP contribution in [0.3, 0.4) is 0 Å². The highest BCUT2D eigenvalue weighted by atomic mass is 16.1. The quantitative estimate of drug-likeness (QED) is 0.558. The van der Waals surface area contributed by atoms with E-state index in [0.29, 0.717) is 17.8 Å². The number of anilines is 1. The van der Waals surface area contributed by atoms with Crippen LogP contribution in [0.5, 0.6) is 0 Å². The Morgan fingerprint density at radius 1 is 1.32 bits per heavy atom. The molecule has 0 aliphatic heterocycles. The van der Waals surface area contributed by atoms with Crippen LogP contribution in [0.1, 0.15) is 31.1 Å². The van der Waals surface area contributed by atoms with Gasteiger partial charge in [-0.3, -0.25) is 14.2 Å². The smallest absolute Gasteiger partial charge is 0.257 e. The van der Waals surface area contributed by atoms with Crippen LogP contribution >= 0.6 is 0 Å². The van der Waals surface area contributed by atoms with Gasteiger partial charge in [-0.05, 0) is 39.0 Å². The number of hydrogen-bond acceptors (Lipinski definition) is 5. The number of rotatable bonds is 5. The van der Waals surface area contributed by atoms with Crippen molar-refractivity contribution in [3.63, 3.8) is 0 Å². The van der Waals surface area contributed by atoms with Crippen LogP contribution in [-0.4, -0.2) is 29.5 Å². The van der Waals surface area contributed by atoms with E-state index in [9.17, 15) is 4.79 Å². The summed E-state index contributed by atoms with van der Waals surface area (Å²) >= 11 is 0. The number of aromatic nitrogens is 6. The zero-order chi connectivity index (χ0) is 19.8. The molecule has 0 unspecified atom stereocenters. The summed E-state index contributed by atoms with van der Waals surface area (Å²) in [4.78, 5) is 19.8. The lowest BCUT2D eigenvalue weighted by Crippen LogP contribution is -2.10. The standard InChI is InChI=1S/C20H23N7O/c1-12(2)27-19-17(22-9-14-10-23-26(4)11-14)8-16(24-18(19)13(3)25-27)15-6-5-7-21-20(15)28/h5-8,10-12H,9H2,1-4H3,(H,21,28)(H,22,24). The Morgan fingerprint density at radius 2 is 2.14 bits per heavy atom. The minimum atomic E-state index is -0.165. The minimum absolute atomic E-state index is 0.165. The molecule has 8 nitrogen and oxygen atoms in total. The third-order valence-electron chi connectivity index (χ3n) is 4.65. The van der Waals surface area contributed by atoms with Gasteiger partial charge < -0.3 is 10.3 Å². The van der Waals surface area contributed by atoms with Crippen LogP contribution in [0.25, 0.3) is 22.3 Å². The van der Waals surface area contributed by atoms with Crippen molar-refractivity contribution in [2.45, 2.75) is 33.4 Å². The molecular weight excluding hydrogens is 354 g/mol. The van der Waals surface area contributed by atoms with Gasteiger partial charge in [0.25, 0.3) is 5.56 Å². The summed E-state index contributed by atoms with van der Waals surface area (Å²) in [6.07, 6.45) is 5.42. The molecule has 0 saturated carbocycles. The van der Waals surface area contributed by atoms with Crippen LogP contribution in [0.15, 0.2) is 41.6 Å². The van der Waals surface area contributed by atoms with Gasteiger partial charge in [-0.1, -0.05) is 0 Å². The van der Waals surface area contributed by atoms with Crippen molar-refractivity contribution < 1.29 is 0 Å². The van der Waals surface area contributed by atoms with Crippen LogP contribution in [0, 0.1) is 6.92 Å². The number of aromatic amines is 1. The highest BCUT2D eigenvalue weighted by Crippen LogP contribution is 2.31. The summed E-state index contributed by atoms with van der Waals surface area (Å²) in [5.74, 6) is 0. The third kappa shape index (κ3) is 3.17. The molecule has 4 aromatic heterocycles. The van der Waals surface area contributed by atoms with E-state index in [1.807, 2.05) is 37.1 Å². The Labute approximate surface area is 162 Å². The maximum atomic E-state index is 12.3. The van der Waals surface area contributed by atoms with Gasteiger partial charge in [0.1, 0.15) is 11.0 Å². The number of nitrogens with one attached hydrogen (secondary N) is 2. The SMILES string of the molecule is Cc1nn(C(C)C)c2c(NCc3cnn(C)c3)cc(-c3ccc[nH]c3=O)nc12. The number of nitrogens with zero attached hydrogens (tertiary/aromatic N) is 5. The van der Waals surface area contributed by atoms with E-state index >= 15 is 0 Å². The first-order valence-corrected chi connectivity index (χ1v) is 9.23. The van der Waals surface area contributed by atoms with Crippen molar-refractivity contribution in [3.8, 4) is 11.3 Å². The van der Waals surface area contributed by atoms with Crippen molar-refractivity contribution in [1.29, 1.82) is 0 Å². The fourth-order valence-corrected chi connectivity index (χ4v) is 3.31. The average molecular weight is 377 g/mol. The number of fused-ring (bicyclic) bond motifs is 1. The van der Waals surface area contributed by atoms with Gasteiger partial charge in [0.05, 0.1) is 28.8 Å². The summed E-state index contributed by atoms with van der Waals surface area (Å²) < 4.78 is 3.75. The predicted molar refractivity (Wildman–Crippen MR) is 109 cm³/mol. The molecule has 28 heavy (non-hydrogen) atoms. The molecule has 0 amide bonds. The van der Waals surface area contributed by atoms with Crippen molar-refractivity contribution >= 4 is 16.7 Å². The Morgan fingerprint density at radius 3 is 2.82 bits per heavy atom. The van der Waals surface area contributed by atoms with Gasteiger partial charge in [0, 0.05) is 37.6 Å². The van der Waals surface area contributed by atoms with Gasteiger partial charge in [-0.2, -0.15) is 10.2 Å². The van der Waals surface area contributed by atoms with E-state index in [-0.39, 0.29) is 11.6 Å². The number of aryl methyl sites for hydroxylation is 2. The highest BCUT2D eigenvalue weighted by Gasteiger charge is 2.18. The second-order valence-corrected chi connectivity index (χ2v) is 7.16. The molecule has 0 radical (unpaired) electrons. The zero-order valence-corrected chi connectivity index (χ0v) is 16.4. The molecule has 0 fully saturated rings. The summed E-state index contributed by atoms with van der Waals surface area (Å²) in [5.41, 5.74) is 5.51. The van der Waals surface area contributed by atoms with Gasteiger partial charge in [-0.25, -0.2) is 4.98 Å². The zero-order valence-electron chi connectivity index (χ0n) is 16.4. The monoisotopic (exact) mass is 377 g/mol. The molecule has 0 saturated heterocycles. The Bertz CT molecular complexity index is 1200. The second-order valence-electron chi connectivity index (χ2n) is 7.16. The largest absolute Gasteiger partial charge is 0.379 e.